The van der Waals surface area contributed by atoms with Crippen molar-refractivity contribution in [2.24, 2.45) is 0 Å². The van der Waals surface area contributed by atoms with Crippen LogP contribution in [0.4, 0.5) is 5.82 Å². The van der Waals surface area contributed by atoms with E-state index in [-0.39, 0.29) is 18.3 Å². The number of anilines is 1. The maximum absolute atomic E-state index is 11.4. The quantitative estimate of drug-likeness (QED) is 0.864. The normalized spacial score (nSPS) is 21.8. The molecule has 110 valence electrons. The van der Waals surface area contributed by atoms with Gasteiger partial charge in [-0.05, 0) is 35.8 Å². The van der Waals surface area contributed by atoms with E-state index in [1.807, 2.05) is 18.7 Å². The summed E-state index contributed by atoms with van der Waals surface area (Å²) in [6.45, 7) is 4.62. The third-order valence-corrected chi connectivity index (χ3v) is 3.48. The van der Waals surface area contributed by atoms with E-state index in [4.69, 9.17) is 4.74 Å². The number of ether oxygens (including phenoxy) is 1. The Kier molecular flexibility index (Phi) is 4.31. The van der Waals surface area contributed by atoms with Crippen molar-refractivity contribution in [2.75, 3.05) is 24.6 Å². The van der Waals surface area contributed by atoms with Crippen molar-refractivity contribution in [1.29, 1.82) is 0 Å². The fourth-order valence-corrected chi connectivity index (χ4v) is 2.72. The predicted molar refractivity (Wildman–Crippen MR) is 77.1 cm³/mol. The second kappa shape index (κ2) is 5.67. The van der Waals surface area contributed by atoms with Crippen LogP contribution >= 0.6 is 15.9 Å². The Hall–Kier alpha value is -1.18. The van der Waals surface area contributed by atoms with Gasteiger partial charge >= 0.3 is 5.97 Å². The first-order valence-corrected chi connectivity index (χ1v) is 7.04. The highest BCUT2D eigenvalue weighted by molar-refractivity contribution is 9.10. The van der Waals surface area contributed by atoms with Crippen molar-refractivity contribution in [1.82, 2.24) is 4.98 Å². The number of morpholine rings is 1. The fourth-order valence-electron chi connectivity index (χ4n) is 2.39. The molecule has 0 aliphatic carbocycles. The maximum Gasteiger partial charge on any atom is 0.339 e. The van der Waals surface area contributed by atoms with Gasteiger partial charge in [0, 0.05) is 23.8 Å². The number of aliphatic hydroxyl groups excluding tert-OH is 1. The summed E-state index contributed by atoms with van der Waals surface area (Å²) < 4.78 is 6.34. The topological polar surface area (TPSA) is 82.9 Å². The third-order valence-electron chi connectivity index (χ3n) is 3.05. The molecule has 7 heteroatoms. The monoisotopic (exact) mass is 344 g/mol. The molecule has 1 atom stereocenters. The van der Waals surface area contributed by atoms with Gasteiger partial charge in [-0.3, -0.25) is 0 Å². The molecule has 0 saturated carbocycles. The van der Waals surface area contributed by atoms with Gasteiger partial charge in [0.2, 0.25) is 0 Å². The van der Waals surface area contributed by atoms with Crippen molar-refractivity contribution in [3.8, 4) is 0 Å². The molecule has 1 aromatic heterocycles. The zero-order valence-electron chi connectivity index (χ0n) is 11.3. The van der Waals surface area contributed by atoms with Gasteiger partial charge in [0.25, 0.3) is 0 Å². The van der Waals surface area contributed by atoms with Crippen molar-refractivity contribution in [3.63, 3.8) is 0 Å². The molecular weight excluding hydrogens is 328 g/mol. The van der Waals surface area contributed by atoms with Gasteiger partial charge in [0.05, 0.1) is 18.3 Å². The zero-order chi connectivity index (χ0) is 14.9. The van der Waals surface area contributed by atoms with E-state index in [1.54, 1.807) is 6.20 Å². The van der Waals surface area contributed by atoms with E-state index >= 15 is 0 Å². The molecule has 2 heterocycles. The van der Waals surface area contributed by atoms with Crippen LogP contribution in [0.1, 0.15) is 24.2 Å². The second-order valence-electron chi connectivity index (χ2n) is 5.39. The van der Waals surface area contributed by atoms with Gasteiger partial charge < -0.3 is 19.8 Å². The van der Waals surface area contributed by atoms with E-state index in [9.17, 15) is 15.0 Å². The van der Waals surface area contributed by atoms with E-state index < -0.39 is 11.6 Å². The average molecular weight is 345 g/mol. The highest BCUT2D eigenvalue weighted by Gasteiger charge is 2.35. The number of aliphatic hydroxyl groups is 1. The van der Waals surface area contributed by atoms with Gasteiger partial charge in [-0.25, -0.2) is 9.78 Å². The molecule has 1 fully saturated rings. The summed E-state index contributed by atoms with van der Waals surface area (Å²) in [6.07, 6.45) is 1.21. The second-order valence-corrected chi connectivity index (χ2v) is 6.31. The van der Waals surface area contributed by atoms with Crippen LogP contribution in [0.15, 0.2) is 16.7 Å². The van der Waals surface area contributed by atoms with E-state index in [0.29, 0.717) is 23.4 Å². The van der Waals surface area contributed by atoms with Crippen LogP contribution in [-0.4, -0.2) is 52.6 Å². The van der Waals surface area contributed by atoms with Crippen LogP contribution in [-0.2, 0) is 4.74 Å². The number of nitrogens with zero attached hydrogens (tertiary/aromatic N) is 2. The summed E-state index contributed by atoms with van der Waals surface area (Å²) in [6, 6.07) is 1.53. The number of hydrogen-bond acceptors (Lipinski definition) is 5. The Morgan fingerprint density at radius 2 is 2.35 bits per heavy atom. The van der Waals surface area contributed by atoms with E-state index in [1.165, 1.54) is 6.07 Å². The van der Waals surface area contributed by atoms with Crippen molar-refractivity contribution < 1.29 is 19.7 Å². The number of halogens is 1. The number of pyridine rings is 1. The van der Waals surface area contributed by atoms with Crippen LogP contribution in [0.5, 0.6) is 0 Å². The first-order valence-electron chi connectivity index (χ1n) is 6.25. The lowest BCUT2D eigenvalue weighted by Crippen LogP contribution is -2.54. The minimum Gasteiger partial charge on any atom is -0.478 e. The molecule has 1 aliphatic heterocycles. The SMILES string of the molecule is CC1(C)CN(c2ncc(Br)cc2C(=O)O)CC(CO)O1. The lowest BCUT2D eigenvalue weighted by Gasteiger charge is -2.43. The lowest BCUT2D eigenvalue weighted by atomic mass is 10.0. The molecule has 20 heavy (non-hydrogen) atoms. The summed E-state index contributed by atoms with van der Waals surface area (Å²) in [5.41, 5.74) is -0.343. The van der Waals surface area contributed by atoms with Crippen molar-refractivity contribution in [3.05, 3.63) is 22.3 Å². The molecule has 1 aromatic rings. The van der Waals surface area contributed by atoms with Gasteiger partial charge in [-0.15, -0.1) is 0 Å². The molecule has 0 amide bonds. The summed E-state index contributed by atoms with van der Waals surface area (Å²) in [5, 5.41) is 18.6. The largest absolute Gasteiger partial charge is 0.478 e. The fraction of sp³-hybridized carbons (Fsp3) is 0.538. The van der Waals surface area contributed by atoms with Crippen molar-refractivity contribution in [2.45, 2.75) is 25.6 Å². The Morgan fingerprint density at radius 1 is 1.65 bits per heavy atom. The van der Waals surface area contributed by atoms with Crippen LogP contribution in [0.25, 0.3) is 0 Å². The van der Waals surface area contributed by atoms with Gasteiger partial charge in [-0.1, -0.05) is 0 Å². The smallest absolute Gasteiger partial charge is 0.339 e. The van der Waals surface area contributed by atoms with Crippen molar-refractivity contribution >= 4 is 27.7 Å². The number of carboxylic acid groups (broad SMARTS) is 1. The highest BCUT2D eigenvalue weighted by Crippen LogP contribution is 2.28. The van der Waals surface area contributed by atoms with Gasteiger partial charge in [0.1, 0.15) is 11.4 Å². The number of carbonyl (C=O) groups is 1. The van der Waals surface area contributed by atoms with Gasteiger partial charge in [0.15, 0.2) is 0 Å². The molecule has 0 radical (unpaired) electrons. The standard InChI is InChI=1S/C13H17BrN2O4/c1-13(2)7-16(5-9(6-17)20-13)11-10(12(18)19)3-8(14)4-15-11/h3-4,9,17H,5-7H2,1-2H3,(H,18,19). The molecular formula is C13H17BrN2O4. The van der Waals surface area contributed by atoms with Gasteiger partial charge in [-0.2, -0.15) is 0 Å². The molecule has 0 bridgehead atoms. The number of rotatable bonds is 3. The first kappa shape index (κ1) is 15.2. The molecule has 1 unspecified atom stereocenters. The summed E-state index contributed by atoms with van der Waals surface area (Å²) in [5.74, 6) is -0.630. The number of carboxylic acids is 1. The lowest BCUT2D eigenvalue weighted by molar-refractivity contribution is -0.101. The molecule has 0 spiro atoms. The molecule has 2 rings (SSSR count). The first-order chi connectivity index (χ1) is 9.32. The maximum atomic E-state index is 11.4. The number of hydrogen-bond donors (Lipinski definition) is 2. The molecule has 6 nitrogen and oxygen atoms in total. The summed E-state index contributed by atoms with van der Waals surface area (Å²) >= 11 is 3.23. The Bertz CT molecular complexity index is 521. The Labute approximate surface area is 125 Å². The van der Waals surface area contributed by atoms with Crippen LogP contribution < -0.4 is 4.90 Å². The zero-order valence-corrected chi connectivity index (χ0v) is 12.9. The van der Waals surface area contributed by atoms with E-state index in [2.05, 4.69) is 20.9 Å². The Balaban J connectivity index is 2.37. The molecule has 1 aliphatic rings. The van der Waals surface area contributed by atoms with Crippen LogP contribution in [0.3, 0.4) is 0 Å². The average Bonchev–Trinajstić information content (AvgIpc) is 2.36. The van der Waals surface area contributed by atoms with Crippen LogP contribution in [0.2, 0.25) is 0 Å². The molecule has 0 aromatic carbocycles. The number of aromatic nitrogens is 1. The highest BCUT2D eigenvalue weighted by atomic mass is 79.9. The molecule has 2 N–H and O–H groups in total. The summed E-state index contributed by atoms with van der Waals surface area (Å²) in [4.78, 5) is 17.4. The summed E-state index contributed by atoms with van der Waals surface area (Å²) in [7, 11) is 0. The number of aromatic carboxylic acids is 1. The molecule has 1 saturated heterocycles. The minimum atomic E-state index is -1.03. The minimum absolute atomic E-state index is 0.112. The Morgan fingerprint density at radius 3 is 2.95 bits per heavy atom. The third kappa shape index (κ3) is 3.28. The van der Waals surface area contributed by atoms with Crippen LogP contribution in [0, 0.1) is 0 Å². The van der Waals surface area contributed by atoms with E-state index in [0.717, 1.165) is 0 Å². The predicted octanol–water partition coefficient (Wildman–Crippen LogP) is 1.52.